The molecule has 0 radical (unpaired) electrons. The first-order valence-corrected chi connectivity index (χ1v) is 11.1. The molecule has 4 rings (SSSR count). The average molecular weight is 425 g/mol. The third-order valence-electron chi connectivity index (χ3n) is 6.55. The predicted octanol–water partition coefficient (Wildman–Crippen LogP) is 4.11. The molecule has 1 saturated carbocycles. The molecule has 0 unspecified atom stereocenters. The Labute approximate surface area is 182 Å². The van der Waals surface area contributed by atoms with Gasteiger partial charge in [-0.3, -0.25) is 4.98 Å². The molecule has 2 N–H and O–H groups in total. The van der Waals surface area contributed by atoms with Crippen LogP contribution in [0.25, 0.3) is 11.3 Å². The van der Waals surface area contributed by atoms with E-state index in [-0.39, 0.29) is 6.10 Å². The van der Waals surface area contributed by atoms with Crippen molar-refractivity contribution in [2.75, 3.05) is 25.1 Å². The first-order chi connectivity index (χ1) is 15.1. The Morgan fingerprint density at radius 2 is 2.00 bits per heavy atom. The maximum Gasteiger partial charge on any atom is 0.150 e. The maximum atomic E-state index is 14.6. The van der Waals surface area contributed by atoms with Crippen molar-refractivity contribution < 1.29 is 14.2 Å². The zero-order chi connectivity index (χ0) is 21.7. The number of ether oxygens (including phenoxy) is 1. The second-order valence-corrected chi connectivity index (χ2v) is 8.80. The largest absolute Gasteiger partial charge is 0.393 e. The van der Waals surface area contributed by atoms with Gasteiger partial charge in [0.15, 0.2) is 5.82 Å². The lowest BCUT2D eigenvalue weighted by atomic mass is 9.82. The van der Waals surface area contributed by atoms with E-state index in [0.29, 0.717) is 55.6 Å². The third kappa shape index (κ3) is 5.38. The molecule has 0 aromatic carbocycles. The maximum absolute atomic E-state index is 14.6. The van der Waals surface area contributed by atoms with Gasteiger partial charge >= 0.3 is 0 Å². The summed E-state index contributed by atoms with van der Waals surface area (Å²) in [7, 11) is 0. The number of halogens is 1. The Morgan fingerprint density at radius 1 is 1.23 bits per heavy atom. The molecule has 7 heteroatoms. The van der Waals surface area contributed by atoms with Crippen molar-refractivity contribution in [3.8, 4) is 17.3 Å². The second kappa shape index (κ2) is 9.71. The summed E-state index contributed by atoms with van der Waals surface area (Å²) in [5.41, 5.74) is 1.37. The molecule has 6 nitrogen and oxygen atoms in total. The van der Waals surface area contributed by atoms with Crippen molar-refractivity contribution in [2.45, 2.75) is 51.0 Å². The standard InChI is InChI=1S/C24H29FN4O2/c25-21-14-27-18(12-17-4-6-19(30)7-5-17)13-20(21)22-2-1-3-23(29-22)28-16-24(15-26)8-10-31-11-9-24/h1-3,13-14,17,19,30H,4-12,16H2,(H,28,29). The minimum atomic E-state index is -0.460. The molecule has 164 valence electrons. The number of nitrogens with one attached hydrogen (secondary N) is 1. The van der Waals surface area contributed by atoms with Crippen molar-refractivity contribution in [3.05, 3.63) is 42.0 Å². The normalized spacial score (nSPS) is 23.1. The molecule has 0 amide bonds. The molecule has 1 saturated heterocycles. The molecule has 1 aliphatic carbocycles. The fourth-order valence-electron chi connectivity index (χ4n) is 4.47. The van der Waals surface area contributed by atoms with E-state index in [0.717, 1.165) is 37.8 Å². The number of pyridine rings is 2. The van der Waals surface area contributed by atoms with Crippen molar-refractivity contribution in [2.24, 2.45) is 11.3 Å². The van der Waals surface area contributed by atoms with E-state index in [4.69, 9.17) is 4.74 Å². The number of aliphatic hydroxyl groups excluding tert-OH is 1. The van der Waals surface area contributed by atoms with E-state index in [1.807, 2.05) is 12.1 Å². The smallest absolute Gasteiger partial charge is 0.150 e. The highest BCUT2D eigenvalue weighted by atomic mass is 19.1. The van der Waals surface area contributed by atoms with E-state index in [2.05, 4.69) is 21.4 Å². The quantitative estimate of drug-likeness (QED) is 0.725. The van der Waals surface area contributed by atoms with Crippen LogP contribution < -0.4 is 5.32 Å². The van der Waals surface area contributed by atoms with E-state index < -0.39 is 11.2 Å². The number of hydrogen-bond donors (Lipinski definition) is 2. The van der Waals surface area contributed by atoms with Crippen molar-refractivity contribution >= 4 is 5.82 Å². The number of nitriles is 1. The Kier molecular flexibility index (Phi) is 6.79. The summed E-state index contributed by atoms with van der Waals surface area (Å²) in [5.74, 6) is 0.694. The second-order valence-electron chi connectivity index (χ2n) is 8.80. The van der Waals surface area contributed by atoms with Gasteiger partial charge in [-0.25, -0.2) is 9.37 Å². The van der Waals surface area contributed by atoms with Gasteiger partial charge in [0.1, 0.15) is 5.82 Å². The highest BCUT2D eigenvalue weighted by molar-refractivity contribution is 5.62. The number of aliphatic hydroxyl groups is 1. The Morgan fingerprint density at radius 3 is 2.74 bits per heavy atom. The zero-order valence-corrected chi connectivity index (χ0v) is 17.7. The van der Waals surface area contributed by atoms with Gasteiger partial charge in [-0.1, -0.05) is 6.07 Å². The van der Waals surface area contributed by atoms with Gasteiger partial charge in [-0.15, -0.1) is 0 Å². The van der Waals surface area contributed by atoms with Crippen LogP contribution >= 0.6 is 0 Å². The van der Waals surface area contributed by atoms with Crippen LogP contribution in [0.4, 0.5) is 10.2 Å². The van der Waals surface area contributed by atoms with Crippen LogP contribution in [-0.4, -0.2) is 40.9 Å². The van der Waals surface area contributed by atoms with Crippen LogP contribution in [0, 0.1) is 28.5 Å². The fraction of sp³-hybridized carbons (Fsp3) is 0.542. The molecule has 0 spiro atoms. The van der Waals surface area contributed by atoms with Crippen LogP contribution in [0.1, 0.15) is 44.2 Å². The summed E-state index contributed by atoms with van der Waals surface area (Å²) in [4.78, 5) is 8.89. The summed E-state index contributed by atoms with van der Waals surface area (Å²) in [6.07, 6.45) is 6.84. The van der Waals surface area contributed by atoms with Crippen LogP contribution in [-0.2, 0) is 11.2 Å². The lowest BCUT2D eigenvalue weighted by molar-refractivity contribution is 0.0455. The molecule has 2 aromatic rings. The van der Waals surface area contributed by atoms with Crippen molar-refractivity contribution in [3.63, 3.8) is 0 Å². The minimum Gasteiger partial charge on any atom is -0.393 e. The first-order valence-electron chi connectivity index (χ1n) is 11.1. The van der Waals surface area contributed by atoms with Gasteiger partial charge in [0.05, 0.1) is 29.5 Å². The topological polar surface area (TPSA) is 91.1 Å². The van der Waals surface area contributed by atoms with E-state index >= 15 is 0 Å². The van der Waals surface area contributed by atoms with Crippen LogP contribution in [0.2, 0.25) is 0 Å². The highest BCUT2D eigenvalue weighted by Gasteiger charge is 2.32. The van der Waals surface area contributed by atoms with Crippen molar-refractivity contribution in [1.29, 1.82) is 5.26 Å². The Balaban J connectivity index is 1.47. The van der Waals surface area contributed by atoms with E-state index in [1.165, 1.54) is 6.20 Å². The lowest BCUT2D eigenvalue weighted by Gasteiger charge is -2.30. The highest BCUT2D eigenvalue weighted by Crippen LogP contribution is 2.31. The molecule has 2 fully saturated rings. The molecule has 0 bridgehead atoms. The van der Waals surface area contributed by atoms with Gasteiger partial charge in [0.2, 0.25) is 0 Å². The molecule has 2 aliphatic rings. The fourth-order valence-corrected chi connectivity index (χ4v) is 4.47. The number of nitrogens with zero attached hydrogens (tertiary/aromatic N) is 3. The van der Waals surface area contributed by atoms with Gasteiger partial charge < -0.3 is 15.2 Å². The average Bonchev–Trinajstić information content (AvgIpc) is 2.81. The molecule has 3 heterocycles. The van der Waals surface area contributed by atoms with E-state index in [9.17, 15) is 14.8 Å². The third-order valence-corrected chi connectivity index (χ3v) is 6.55. The summed E-state index contributed by atoms with van der Waals surface area (Å²) >= 11 is 0. The zero-order valence-electron chi connectivity index (χ0n) is 17.7. The SMILES string of the molecule is N#CC1(CNc2cccc(-c3cc(CC4CCC(O)CC4)ncc3F)n2)CCOCC1. The molecular weight excluding hydrogens is 395 g/mol. The molecule has 31 heavy (non-hydrogen) atoms. The molecule has 2 aromatic heterocycles. The van der Waals surface area contributed by atoms with Crippen LogP contribution in [0.5, 0.6) is 0 Å². The van der Waals surface area contributed by atoms with Gasteiger partial charge in [-0.05, 0) is 69.1 Å². The summed E-state index contributed by atoms with van der Waals surface area (Å²) in [6, 6.07) is 9.70. The Bertz CT molecular complexity index is 931. The van der Waals surface area contributed by atoms with Crippen LogP contribution in [0.3, 0.4) is 0 Å². The molecule has 0 atom stereocenters. The summed E-state index contributed by atoms with van der Waals surface area (Å²) in [5, 5.41) is 22.6. The number of rotatable bonds is 6. The Hall–Kier alpha value is -2.56. The number of hydrogen-bond acceptors (Lipinski definition) is 6. The van der Waals surface area contributed by atoms with Gasteiger partial charge in [0, 0.05) is 31.0 Å². The monoisotopic (exact) mass is 424 g/mol. The predicted molar refractivity (Wildman–Crippen MR) is 116 cm³/mol. The minimum absolute atomic E-state index is 0.186. The summed E-state index contributed by atoms with van der Waals surface area (Å²) in [6.45, 7) is 1.67. The number of aromatic nitrogens is 2. The number of anilines is 1. The molecule has 1 aliphatic heterocycles. The molecular formula is C24H29FN4O2. The first kappa shape index (κ1) is 21.7. The van der Waals surface area contributed by atoms with E-state index in [1.54, 1.807) is 12.1 Å². The lowest BCUT2D eigenvalue weighted by Crippen LogP contribution is -2.34. The summed E-state index contributed by atoms with van der Waals surface area (Å²) < 4.78 is 20.0. The van der Waals surface area contributed by atoms with Gasteiger partial charge in [0.25, 0.3) is 0 Å². The van der Waals surface area contributed by atoms with Crippen molar-refractivity contribution in [1.82, 2.24) is 9.97 Å². The van der Waals surface area contributed by atoms with Gasteiger partial charge in [-0.2, -0.15) is 5.26 Å². The van der Waals surface area contributed by atoms with Crippen LogP contribution in [0.15, 0.2) is 30.5 Å².